The molecular weight excluding hydrogens is 368 g/mol. The minimum Gasteiger partial charge on any atom is -0.345 e. The first-order valence-corrected chi connectivity index (χ1v) is 10.5. The number of carbonyl (C=O) groups excluding carboxylic acids is 1. The maximum atomic E-state index is 12.5. The molecule has 4 rings (SSSR count). The molecular formula is C22H26N4OS. The lowest BCUT2D eigenvalue weighted by atomic mass is 10.1. The molecule has 2 aromatic carbocycles. The molecule has 3 aromatic rings. The van der Waals surface area contributed by atoms with Crippen LogP contribution in [0.25, 0.3) is 10.2 Å². The number of anilines is 2. The second-order valence-electron chi connectivity index (χ2n) is 7.50. The third-order valence-corrected chi connectivity index (χ3v) is 6.45. The summed E-state index contributed by atoms with van der Waals surface area (Å²) in [5.74, 6) is 0.0569. The van der Waals surface area contributed by atoms with Gasteiger partial charge < -0.3 is 10.2 Å². The molecule has 1 aliphatic rings. The van der Waals surface area contributed by atoms with Gasteiger partial charge in [-0.25, -0.2) is 4.98 Å². The maximum Gasteiger partial charge on any atom is 0.238 e. The Labute approximate surface area is 170 Å². The van der Waals surface area contributed by atoms with Crippen molar-refractivity contribution in [3.63, 3.8) is 0 Å². The third kappa shape index (κ3) is 3.88. The molecule has 5 nitrogen and oxygen atoms in total. The average Bonchev–Trinajstić information content (AvgIpc) is 3.11. The maximum absolute atomic E-state index is 12.5. The van der Waals surface area contributed by atoms with Crippen LogP contribution in [0.5, 0.6) is 0 Å². The molecule has 0 saturated carbocycles. The van der Waals surface area contributed by atoms with Crippen molar-refractivity contribution in [3.8, 4) is 0 Å². The Hall–Kier alpha value is -2.44. The zero-order valence-electron chi connectivity index (χ0n) is 16.7. The molecule has 146 valence electrons. The molecule has 1 fully saturated rings. The van der Waals surface area contributed by atoms with Gasteiger partial charge in [-0.05, 0) is 43.5 Å². The lowest BCUT2D eigenvalue weighted by molar-refractivity contribution is -0.117. The number of rotatable bonds is 4. The number of hydrogen-bond donors (Lipinski definition) is 1. The van der Waals surface area contributed by atoms with Gasteiger partial charge in [-0.15, -0.1) is 0 Å². The quantitative estimate of drug-likeness (QED) is 0.727. The Balaban J connectivity index is 1.35. The number of aromatic nitrogens is 1. The standard InChI is InChI=1S/C22H26N4OS/c1-15-6-4-7-16(2)20(15)23-19(27)14-25-10-12-26(13-11-25)22-24-21-17(3)8-5-9-18(21)28-22/h4-9H,10-14H2,1-3H3,(H,23,27). The Morgan fingerprint density at radius 2 is 1.64 bits per heavy atom. The predicted octanol–water partition coefficient (Wildman–Crippen LogP) is 3.98. The molecule has 1 saturated heterocycles. The van der Waals surface area contributed by atoms with Gasteiger partial charge in [0.25, 0.3) is 0 Å². The van der Waals surface area contributed by atoms with Gasteiger partial charge in [0.15, 0.2) is 5.13 Å². The van der Waals surface area contributed by atoms with Crippen LogP contribution in [0.4, 0.5) is 10.8 Å². The Bertz CT molecular complexity index is 985. The monoisotopic (exact) mass is 394 g/mol. The third-order valence-electron chi connectivity index (χ3n) is 5.36. The normalized spacial score (nSPS) is 15.2. The number of nitrogens with zero attached hydrogens (tertiary/aromatic N) is 3. The summed E-state index contributed by atoms with van der Waals surface area (Å²) in [6.45, 7) is 10.1. The highest BCUT2D eigenvalue weighted by Gasteiger charge is 2.22. The lowest BCUT2D eigenvalue weighted by Gasteiger charge is -2.34. The number of thiazole rings is 1. The fraction of sp³-hybridized carbons (Fsp3) is 0.364. The number of nitrogens with one attached hydrogen (secondary N) is 1. The number of hydrogen-bond acceptors (Lipinski definition) is 5. The van der Waals surface area contributed by atoms with Crippen molar-refractivity contribution in [2.75, 3.05) is 42.9 Å². The first-order valence-electron chi connectivity index (χ1n) is 9.71. The van der Waals surface area contributed by atoms with E-state index in [2.05, 4.69) is 40.2 Å². The van der Waals surface area contributed by atoms with E-state index in [0.29, 0.717) is 6.54 Å². The molecule has 28 heavy (non-hydrogen) atoms. The van der Waals surface area contributed by atoms with Gasteiger partial charge in [-0.1, -0.05) is 41.7 Å². The highest BCUT2D eigenvalue weighted by molar-refractivity contribution is 7.22. The number of carbonyl (C=O) groups is 1. The van der Waals surface area contributed by atoms with Gasteiger partial charge in [-0.3, -0.25) is 9.69 Å². The van der Waals surface area contributed by atoms with E-state index < -0.39 is 0 Å². The first kappa shape index (κ1) is 18.9. The predicted molar refractivity (Wildman–Crippen MR) is 118 cm³/mol. The SMILES string of the molecule is Cc1cccc(C)c1NC(=O)CN1CCN(c2nc3c(C)cccc3s2)CC1. The van der Waals surface area contributed by atoms with E-state index in [1.54, 1.807) is 11.3 Å². The highest BCUT2D eigenvalue weighted by atomic mass is 32.1. The molecule has 0 atom stereocenters. The number of para-hydroxylation sites is 2. The average molecular weight is 395 g/mol. The summed E-state index contributed by atoms with van der Waals surface area (Å²) in [6, 6.07) is 12.4. The Morgan fingerprint density at radius 3 is 2.32 bits per heavy atom. The molecule has 0 bridgehead atoms. The van der Waals surface area contributed by atoms with Gasteiger partial charge in [0.05, 0.1) is 16.8 Å². The van der Waals surface area contributed by atoms with E-state index in [4.69, 9.17) is 4.98 Å². The van der Waals surface area contributed by atoms with Crippen LogP contribution in [0, 0.1) is 20.8 Å². The molecule has 2 heterocycles. The Morgan fingerprint density at radius 1 is 1.00 bits per heavy atom. The van der Waals surface area contributed by atoms with Crippen LogP contribution in [0.1, 0.15) is 16.7 Å². The summed E-state index contributed by atoms with van der Waals surface area (Å²) in [7, 11) is 0. The number of benzene rings is 2. The second-order valence-corrected chi connectivity index (χ2v) is 8.51. The van der Waals surface area contributed by atoms with Crippen molar-refractivity contribution >= 4 is 38.3 Å². The summed E-state index contributed by atoms with van der Waals surface area (Å²) < 4.78 is 1.24. The van der Waals surface area contributed by atoms with Crippen molar-refractivity contribution in [2.45, 2.75) is 20.8 Å². The van der Waals surface area contributed by atoms with Crippen molar-refractivity contribution in [1.82, 2.24) is 9.88 Å². The summed E-state index contributed by atoms with van der Waals surface area (Å²) in [5.41, 5.74) is 5.48. The number of piperazine rings is 1. The van der Waals surface area contributed by atoms with Crippen LogP contribution in [0.15, 0.2) is 36.4 Å². The fourth-order valence-electron chi connectivity index (χ4n) is 3.70. The molecule has 1 amide bonds. The zero-order chi connectivity index (χ0) is 19.7. The molecule has 0 aliphatic carbocycles. The number of amides is 1. The lowest BCUT2D eigenvalue weighted by Crippen LogP contribution is -2.48. The van der Waals surface area contributed by atoms with E-state index >= 15 is 0 Å². The van der Waals surface area contributed by atoms with E-state index in [9.17, 15) is 4.79 Å². The van der Waals surface area contributed by atoms with Gasteiger partial charge in [0, 0.05) is 31.9 Å². The molecule has 0 radical (unpaired) electrons. The summed E-state index contributed by atoms with van der Waals surface area (Å²) in [5, 5.41) is 4.18. The van der Waals surface area contributed by atoms with Crippen molar-refractivity contribution in [1.29, 1.82) is 0 Å². The topological polar surface area (TPSA) is 48.5 Å². The fourth-order valence-corrected chi connectivity index (χ4v) is 4.80. The molecule has 1 aromatic heterocycles. The van der Waals surface area contributed by atoms with Crippen LogP contribution < -0.4 is 10.2 Å². The molecule has 6 heteroatoms. The van der Waals surface area contributed by atoms with Crippen molar-refractivity contribution in [3.05, 3.63) is 53.1 Å². The van der Waals surface area contributed by atoms with Gasteiger partial charge in [-0.2, -0.15) is 0 Å². The molecule has 0 unspecified atom stereocenters. The van der Waals surface area contributed by atoms with Crippen LogP contribution >= 0.6 is 11.3 Å². The number of fused-ring (bicyclic) bond motifs is 1. The number of aryl methyl sites for hydroxylation is 3. The Kier molecular flexibility index (Phi) is 5.33. The minimum atomic E-state index is 0.0569. The van der Waals surface area contributed by atoms with Crippen LogP contribution in [-0.4, -0.2) is 48.5 Å². The second kappa shape index (κ2) is 7.89. The van der Waals surface area contributed by atoms with E-state index in [1.165, 1.54) is 10.3 Å². The van der Waals surface area contributed by atoms with Crippen LogP contribution in [0.2, 0.25) is 0 Å². The summed E-state index contributed by atoms with van der Waals surface area (Å²) in [4.78, 5) is 21.9. The largest absolute Gasteiger partial charge is 0.345 e. The molecule has 0 spiro atoms. The molecule has 1 N–H and O–H groups in total. The van der Waals surface area contributed by atoms with Crippen LogP contribution in [0.3, 0.4) is 0 Å². The van der Waals surface area contributed by atoms with Gasteiger partial charge in [0.2, 0.25) is 5.91 Å². The molecule has 1 aliphatic heterocycles. The van der Waals surface area contributed by atoms with Crippen LogP contribution in [-0.2, 0) is 4.79 Å². The summed E-state index contributed by atoms with van der Waals surface area (Å²) >= 11 is 1.76. The van der Waals surface area contributed by atoms with Crippen molar-refractivity contribution in [2.24, 2.45) is 0 Å². The zero-order valence-corrected chi connectivity index (χ0v) is 17.5. The summed E-state index contributed by atoms with van der Waals surface area (Å²) in [6.07, 6.45) is 0. The first-order chi connectivity index (χ1) is 13.5. The van der Waals surface area contributed by atoms with Gasteiger partial charge in [0.1, 0.15) is 0 Å². The highest BCUT2D eigenvalue weighted by Crippen LogP contribution is 2.31. The van der Waals surface area contributed by atoms with Gasteiger partial charge >= 0.3 is 0 Å². The minimum absolute atomic E-state index is 0.0569. The van der Waals surface area contributed by atoms with E-state index in [-0.39, 0.29) is 5.91 Å². The van der Waals surface area contributed by atoms with E-state index in [1.807, 2.05) is 32.0 Å². The smallest absolute Gasteiger partial charge is 0.238 e. The van der Waals surface area contributed by atoms with Crippen molar-refractivity contribution < 1.29 is 4.79 Å². The van der Waals surface area contributed by atoms with E-state index in [0.717, 1.165) is 53.6 Å².